The van der Waals surface area contributed by atoms with Gasteiger partial charge in [-0.15, -0.1) is 0 Å². The number of nitrogens with zero attached hydrogens (tertiary/aromatic N) is 4. The molecule has 1 aliphatic rings. The molecule has 0 aliphatic carbocycles. The summed E-state index contributed by atoms with van der Waals surface area (Å²) >= 11 is 0. The van der Waals surface area contributed by atoms with Gasteiger partial charge in [0.05, 0.1) is 29.0 Å². The Balaban J connectivity index is 1.13. The Morgan fingerprint density at radius 3 is 1.94 bits per heavy atom. The van der Waals surface area contributed by atoms with E-state index in [9.17, 15) is 0 Å². The Kier molecular flexibility index (Phi) is 6.47. The highest BCUT2D eigenvalue weighted by Crippen LogP contribution is 2.50. The molecule has 0 N–H and O–H groups in total. The van der Waals surface area contributed by atoms with Crippen LogP contribution in [-0.2, 0) is 5.41 Å². The van der Waals surface area contributed by atoms with Gasteiger partial charge in [-0.05, 0) is 108 Å². The fraction of sp³-hybridized carbons (Fsp3) is 0.0682. The molecular weight excluding hydrogens is 601 g/mol. The van der Waals surface area contributed by atoms with Crippen molar-refractivity contribution in [2.45, 2.75) is 19.3 Å². The second-order valence-electron chi connectivity index (χ2n) is 13.0. The summed E-state index contributed by atoms with van der Waals surface area (Å²) in [5.74, 6) is 1.74. The van der Waals surface area contributed by atoms with Crippen LogP contribution in [0.3, 0.4) is 0 Å². The van der Waals surface area contributed by atoms with E-state index in [0.717, 1.165) is 83.8 Å². The zero-order chi connectivity index (χ0) is 33.1. The Morgan fingerprint density at radius 1 is 0.592 bits per heavy atom. The highest BCUT2D eigenvalue weighted by Gasteiger charge is 2.35. The lowest BCUT2D eigenvalue weighted by molar-refractivity contribution is 0.418. The molecule has 0 amide bonds. The number of hydrogen-bond acceptors (Lipinski definition) is 3. The summed E-state index contributed by atoms with van der Waals surface area (Å²) in [6, 6.07) is 46.0. The van der Waals surface area contributed by atoms with Crippen LogP contribution in [-0.4, -0.2) is 14.5 Å². The molecule has 0 saturated carbocycles. The maximum Gasteiger partial charge on any atom is 0.188 e. The molecule has 4 heterocycles. The molecular formula is C44H30N4O. The van der Waals surface area contributed by atoms with Gasteiger partial charge in [-0.3, -0.25) is 4.98 Å². The number of ether oxygens (including phenoxy) is 1. The molecule has 0 radical (unpaired) electrons. The maximum atomic E-state index is 7.66. The standard InChI is InChI=1S/C44H30N4O/c1-44(2)36-25-30(29-12-16-40-34(24-29)35-27-32(45-3)15-17-41(35)48(40)33-8-5-4-6-9-33)13-18-42(36)49-43-19-14-31(26-37(43)44)39-11-7-10-38(47-39)28-20-22-46-23-21-28/h4-27H,1-2H3. The molecule has 0 spiro atoms. The highest BCUT2D eigenvalue weighted by atomic mass is 16.5. The molecule has 0 saturated heterocycles. The molecule has 5 nitrogen and oxygen atoms in total. The average molecular weight is 631 g/mol. The molecule has 49 heavy (non-hydrogen) atoms. The molecule has 0 unspecified atom stereocenters. The first kappa shape index (κ1) is 28.7. The van der Waals surface area contributed by atoms with Crippen molar-refractivity contribution in [2.24, 2.45) is 0 Å². The van der Waals surface area contributed by atoms with E-state index < -0.39 is 0 Å². The average Bonchev–Trinajstić information content (AvgIpc) is 3.48. The van der Waals surface area contributed by atoms with Crippen molar-refractivity contribution >= 4 is 27.5 Å². The minimum Gasteiger partial charge on any atom is -0.457 e. The van der Waals surface area contributed by atoms with E-state index in [-0.39, 0.29) is 5.41 Å². The third-order valence-electron chi connectivity index (χ3n) is 9.77. The third kappa shape index (κ3) is 4.69. The van der Waals surface area contributed by atoms with Gasteiger partial charge in [-0.1, -0.05) is 56.3 Å². The second kappa shape index (κ2) is 11.0. The Hall–Kier alpha value is -6.51. The van der Waals surface area contributed by atoms with Gasteiger partial charge in [0, 0.05) is 51.1 Å². The predicted octanol–water partition coefficient (Wildman–Crippen LogP) is 11.6. The van der Waals surface area contributed by atoms with Crippen molar-refractivity contribution < 1.29 is 4.74 Å². The van der Waals surface area contributed by atoms with E-state index in [2.05, 4.69) is 125 Å². The first-order valence-electron chi connectivity index (χ1n) is 16.3. The van der Waals surface area contributed by atoms with Gasteiger partial charge < -0.3 is 9.30 Å². The van der Waals surface area contributed by atoms with Crippen LogP contribution in [0.1, 0.15) is 25.0 Å². The van der Waals surface area contributed by atoms with Crippen LogP contribution in [0.2, 0.25) is 0 Å². The van der Waals surface area contributed by atoms with Crippen LogP contribution in [0.25, 0.3) is 66.0 Å². The molecule has 0 atom stereocenters. The first-order chi connectivity index (χ1) is 24.0. The maximum absolute atomic E-state index is 7.66. The number of para-hydroxylation sites is 1. The van der Waals surface area contributed by atoms with Crippen molar-refractivity contribution in [2.75, 3.05) is 0 Å². The fourth-order valence-corrected chi connectivity index (χ4v) is 7.21. The van der Waals surface area contributed by atoms with E-state index in [4.69, 9.17) is 16.3 Å². The van der Waals surface area contributed by atoms with E-state index in [1.54, 1.807) is 12.4 Å². The summed E-state index contributed by atoms with van der Waals surface area (Å²) < 4.78 is 8.81. The number of hydrogen-bond donors (Lipinski definition) is 0. The molecule has 0 fully saturated rings. The van der Waals surface area contributed by atoms with Gasteiger partial charge in [0.1, 0.15) is 11.5 Å². The van der Waals surface area contributed by atoms with Crippen LogP contribution >= 0.6 is 0 Å². The van der Waals surface area contributed by atoms with Crippen molar-refractivity contribution in [3.8, 4) is 50.8 Å². The van der Waals surface area contributed by atoms with Gasteiger partial charge in [-0.2, -0.15) is 0 Å². The van der Waals surface area contributed by atoms with Crippen LogP contribution in [0.5, 0.6) is 11.5 Å². The summed E-state index contributed by atoms with van der Waals surface area (Å²) in [6.07, 6.45) is 3.58. The number of fused-ring (bicyclic) bond motifs is 5. The zero-order valence-electron chi connectivity index (χ0n) is 27.1. The highest BCUT2D eigenvalue weighted by molar-refractivity contribution is 6.11. The third-order valence-corrected chi connectivity index (χ3v) is 9.77. The lowest BCUT2D eigenvalue weighted by Gasteiger charge is -2.35. The largest absolute Gasteiger partial charge is 0.457 e. The summed E-state index contributed by atoms with van der Waals surface area (Å²) in [4.78, 5) is 12.9. The summed E-state index contributed by atoms with van der Waals surface area (Å²) in [7, 11) is 0. The molecule has 3 aromatic heterocycles. The topological polar surface area (TPSA) is 44.3 Å². The smallest absolute Gasteiger partial charge is 0.188 e. The van der Waals surface area contributed by atoms with Crippen LogP contribution in [0.4, 0.5) is 5.69 Å². The van der Waals surface area contributed by atoms with Crippen molar-refractivity contribution in [3.63, 3.8) is 0 Å². The summed E-state index contributed by atoms with van der Waals surface area (Å²) in [6.45, 7) is 12.2. The quantitative estimate of drug-likeness (QED) is 0.182. The van der Waals surface area contributed by atoms with Crippen LogP contribution in [0.15, 0.2) is 146 Å². The van der Waals surface area contributed by atoms with Gasteiger partial charge in [0.2, 0.25) is 0 Å². The Labute approximate surface area is 284 Å². The molecule has 1 aliphatic heterocycles. The van der Waals surface area contributed by atoms with Crippen molar-refractivity contribution in [1.82, 2.24) is 14.5 Å². The summed E-state index contributed by atoms with van der Waals surface area (Å²) in [5.41, 5.74) is 12.0. The Morgan fingerprint density at radius 2 is 1.20 bits per heavy atom. The zero-order valence-corrected chi connectivity index (χ0v) is 27.1. The van der Waals surface area contributed by atoms with E-state index >= 15 is 0 Å². The SMILES string of the molecule is [C-]#[N+]c1ccc2c(c1)c1cc(-c3ccc4c(c3)C(C)(C)c3cc(-c5cccc(-c6ccncc6)n5)ccc3O4)ccc1n2-c1ccccc1. The molecule has 5 aromatic carbocycles. The van der Waals surface area contributed by atoms with Gasteiger partial charge in [0.15, 0.2) is 5.69 Å². The van der Waals surface area contributed by atoms with Gasteiger partial charge in [-0.25, -0.2) is 9.83 Å². The number of rotatable bonds is 4. The number of pyridine rings is 2. The fourth-order valence-electron chi connectivity index (χ4n) is 7.21. The van der Waals surface area contributed by atoms with Crippen molar-refractivity contribution in [1.29, 1.82) is 0 Å². The number of benzene rings is 5. The predicted molar refractivity (Wildman–Crippen MR) is 198 cm³/mol. The lowest BCUT2D eigenvalue weighted by atomic mass is 9.74. The van der Waals surface area contributed by atoms with E-state index in [1.807, 2.05) is 36.4 Å². The second-order valence-corrected chi connectivity index (χ2v) is 13.0. The minimum absolute atomic E-state index is 0.324. The molecule has 232 valence electrons. The number of aromatic nitrogens is 3. The van der Waals surface area contributed by atoms with Gasteiger partial charge >= 0.3 is 0 Å². The molecule has 0 bridgehead atoms. The minimum atomic E-state index is -0.324. The van der Waals surface area contributed by atoms with Gasteiger partial charge in [0.25, 0.3) is 0 Å². The molecule has 9 rings (SSSR count). The molecule has 8 aromatic rings. The lowest BCUT2D eigenvalue weighted by Crippen LogP contribution is -2.24. The normalized spacial score (nSPS) is 13.0. The molecule has 5 heteroatoms. The van der Waals surface area contributed by atoms with Crippen LogP contribution in [0, 0.1) is 6.57 Å². The van der Waals surface area contributed by atoms with E-state index in [0.29, 0.717) is 5.69 Å². The monoisotopic (exact) mass is 630 g/mol. The van der Waals surface area contributed by atoms with E-state index in [1.165, 1.54) is 0 Å². The Bertz CT molecular complexity index is 2610. The summed E-state index contributed by atoms with van der Waals surface area (Å²) in [5, 5.41) is 2.19. The first-order valence-corrected chi connectivity index (χ1v) is 16.3. The van der Waals surface area contributed by atoms with Crippen molar-refractivity contribution in [3.05, 3.63) is 168 Å². The van der Waals surface area contributed by atoms with Crippen LogP contribution < -0.4 is 4.74 Å².